The van der Waals surface area contributed by atoms with E-state index in [1.54, 1.807) is 10.9 Å². The van der Waals surface area contributed by atoms with Crippen LogP contribution in [-0.4, -0.2) is 20.9 Å². The van der Waals surface area contributed by atoms with Gasteiger partial charge in [0.05, 0.1) is 17.8 Å². The fourth-order valence-corrected chi connectivity index (χ4v) is 1.47. The third kappa shape index (κ3) is 1.56. The van der Waals surface area contributed by atoms with E-state index in [2.05, 4.69) is 12.0 Å². The monoisotopic (exact) mass is 180 g/mol. The maximum Gasteiger partial charge on any atom is 0.338 e. The van der Waals surface area contributed by atoms with E-state index in [1.165, 1.54) is 19.0 Å². The number of aromatic carboxylic acids is 1. The quantitative estimate of drug-likeness (QED) is 0.767. The first kappa shape index (κ1) is 8.29. The molecule has 70 valence electrons. The lowest BCUT2D eigenvalue weighted by atomic mass is 10.2. The molecule has 2 rings (SSSR count). The summed E-state index contributed by atoms with van der Waals surface area (Å²) in [5.41, 5.74) is 0.271. The molecule has 1 aliphatic carbocycles. The Morgan fingerprint density at radius 1 is 1.77 bits per heavy atom. The van der Waals surface area contributed by atoms with E-state index in [0.717, 1.165) is 0 Å². The van der Waals surface area contributed by atoms with Crippen molar-refractivity contribution in [2.45, 2.75) is 25.8 Å². The average Bonchev–Trinajstić information content (AvgIpc) is 2.81. The van der Waals surface area contributed by atoms with Gasteiger partial charge in [-0.1, -0.05) is 0 Å². The Balaban J connectivity index is 2.16. The van der Waals surface area contributed by atoms with Crippen LogP contribution in [0.5, 0.6) is 0 Å². The van der Waals surface area contributed by atoms with Crippen molar-refractivity contribution in [3.63, 3.8) is 0 Å². The Bertz CT molecular complexity index is 328. The number of aromatic nitrogens is 2. The molecule has 1 saturated carbocycles. The molecule has 1 atom stereocenters. The molecule has 0 amide bonds. The molecule has 4 heteroatoms. The van der Waals surface area contributed by atoms with Gasteiger partial charge in [0, 0.05) is 6.20 Å². The van der Waals surface area contributed by atoms with Gasteiger partial charge < -0.3 is 5.11 Å². The van der Waals surface area contributed by atoms with Gasteiger partial charge >= 0.3 is 5.97 Å². The van der Waals surface area contributed by atoms with E-state index >= 15 is 0 Å². The molecule has 0 bridgehead atoms. The summed E-state index contributed by atoms with van der Waals surface area (Å²) < 4.78 is 1.75. The first-order valence-corrected chi connectivity index (χ1v) is 4.46. The highest BCUT2D eigenvalue weighted by atomic mass is 16.4. The van der Waals surface area contributed by atoms with Crippen LogP contribution in [-0.2, 0) is 0 Å². The highest BCUT2D eigenvalue weighted by Gasteiger charge is 2.29. The maximum absolute atomic E-state index is 10.6. The molecule has 0 aliphatic heterocycles. The minimum absolute atomic E-state index is 0.271. The minimum Gasteiger partial charge on any atom is -0.478 e. The number of carboxylic acid groups (broad SMARTS) is 1. The molecular weight excluding hydrogens is 168 g/mol. The van der Waals surface area contributed by atoms with Gasteiger partial charge in [-0.25, -0.2) is 4.79 Å². The summed E-state index contributed by atoms with van der Waals surface area (Å²) >= 11 is 0. The number of hydrogen-bond donors (Lipinski definition) is 1. The van der Waals surface area contributed by atoms with Crippen molar-refractivity contribution in [3.8, 4) is 0 Å². The molecule has 4 nitrogen and oxygen atoms in total. The summed E-state index contributed by atoms with van der Waals surface area (Å²) in [5.74, 6) is -0.212. The minimum atomic E-state index is -0.908. The van der Waals surface area contributed by atoms with Crippen LogP contribution < -0.4 is 0 Å². The van der Waals surface area contributed by atoms with Crippen molar-refractivity contribution in [2.75, 3.05) is 0 Å². The predicted octanol–water partition coefficient (Wildman–Crippen LogP) is 1.55. The van der Waals surface area contributed by atoms with Gasteiger partial charge in [0.15, 0.2) is 0 Å². The van der Waals surface area contributed by atoms with Crippen LogP contribution in [0.15, 0.2) is 12.4 Å². The predicted molar refractivity (Wildman–Crippen MR) is 46.6 cm³/mol. The molecule has 0 radical (unpaired) electrons. The second-order valence-corrected chi connectivity index (χ2v) is 3.59. The van der Waals surface area contributed by atoms with Gasteiger partial charge in [0.25, 0.3) is 0 Å². The van der Waals surface area contributed by atoms with Crippen molar-refractivity contribution in [1.82, 2.24) is 9.78 Å². The summed E-state index contributed by atoms with van der Waals surface area (Å²) in [4.78, 5) is 10.6. The summed E-state index contributed by atoms with van der Waals surface area (Å²) in [6.45, 7) is 2.08. The molecular formula is C9H12N2O2. The fourth-order valence-electron chi connectivity index (χ4n) is 1.47. The van der Waals surface area contributed by atoms with Crippen LogP contribution in [0.25, 0.3) is 0 Å². The zero-order valence-electron chi connectivity index (χ0n) is 7.47. The first-order valence-electron chi connectivity index (χ1n) is 4.46. The van der Waals surface area contributed by atoms with Crippen LogP contribution in [0.2, 0.25) is 0 Å². The lowest BCUT2D eigenvalue weighted by Gasteiger charge is -2.09. The number of carbonyl (C=O) groups is 1. The Labute approximate surface area is 76.2 Å². The molecule has 0 aromatic carbocycles. The van der Waals surface area contributed by atoms with Gasteiger partial charge in [0.2, 0.25) is 0 Å². The zero-order valence-corrected chi connectivity index (χ0v) is 7.47. The maximum atomic E-state index is 10.6. The van der Waals surface area contributed by atoms with Crippen LogP contribution in [0.4, 0.5) is 0 Å². The number of carboxylic acids is 1. The lowest BCUT2D eigenvalue weighted by molar-refractivity contribution is 0.0696. The Morgan fingerprint density at radius 2 is 2.46 bits per heavy atom. The van der Waals surface area contributed by atoms with E-state index in [4.69, 9.17) is 5.11 Å². The van der Waals surface area contributed by atoms with Crippen LogP contribution in [0.1, 0.15) is 36.2 Å². The van der Waals surface area contributed by atoms with Gasteiger partial charge in [-0.15, -0.1) is 0 Å². The summed E-state index contributed by atoms with van der Waals surface area (Å²) in [5, 5.41) is 12.7. The molecule has 0 spiro atoms. The van der Waals surface area contributed by atoms with Crippen molar-refractivity contribution >= 4 is 5.97 Å². The van der Waals surface area contributed by atoms with Gasteiger partial charge in [0.1, 0.15) is 0 Å². The molecule has 1 aromatic heterocycles. The third-order valence-corrected chi connectivity index (χ3v) is 2.57. The molecule has 1 fully saturated rings. The summed E-state index contributed by atoms with van der Waals surface area (Å²) in [6, 6.07) is 0.341. The highest BCUT2D eigenvalue weighted by molar-refractivity contribution is 5.86. The van der Waals surface area contributed by atoms with Crippen LogP contribution in [0, 0.1) is 5.92 Å². The molecule has 13 heavy (non-hydrogen) atoms. The van der Waals surface area contributed by atoms with Gasteiger partial charge in [-0.3, -0.25) is 4.68 Å². The van der Waals surface area contributed by atoms with Gasteiger partial charge in [-0.2, -0.15) is 5.10 Å². The standard InChI is InChI=1S/C9H12N2O2/c1-6(7-2-3-7)11-5-8(4-10-11)9(12)13/h4-7H,2-3H2,1H3,(H,12,13). The molecule has 1 heterocycles. The van der Waals surface area contributed by atoms with E-state index < -0.39 is 5.97 Å². The second-order valence-electron chi connectivity index (χ2n) is 3.59. The molecule has 1 N–H and O–H groups in total. The topological polar surface area (TPSA) is 55.1 Å². The molecule has 1 aromatic rings. The highest BCUT2D eigenvalue weighted by Crippen LogP contribution is 2.38. The largest absolute Gasteiger partial charge is 0.478 e. The average molecular weight is 180 g/mol. The Kier molecular flexibility index (Phi) is 1.83. The van der Waals surface area contributed by atoms with Crippen molar-refractivity contribution < 1.29 is 9.90 Å². The number of nitrogens with zero attached hydrogens (tertiary/aromatic N) is 2. The number of hydrogen-bond acceptors (Lipinski definition) is 2. The van der Waals surface area contributed by atoms with E-state index in [0.29, 0.717) is 12.0 Å². The van der Waals surface area contributed by atoms with Crippen molar-refractivity contribution in [3.05, 3.63) is 18.0 Å². The van der Waals surface area contributed by atoms with E-state index in [-0.39, 0.29) is 5.56 Å². The van der Waals surface area contributed by atoms with Crippen molar-refractivity contribution in [1.29, 1.82) is 0 Å². The molecule has 0 saturated heterocycles. The van der Waals surface area contributed by atoms with E-state index in [1.807, 2.05) is 0 Å². The van der Waals surface area contributed by atoms with Crippen LogP contribution >= 0.6 is 0 Å². The van der Waals surface area contributed by atoms with Crippen LogP contribution in [0.3, 0.4) is 0 Å². The molecule has 1 aliphatic rings. The fraction of sp³-hybridized carbons (Fsp3) is 0.556. The van der Waals surface area contributed by atoms with Gasteiger partial charge in [-0.05, 0) is 25.7 Å². The van der Waals surface area contributed by atoms with E-state index in [9.17, 15) is 4.79 Å². The number of rotatable bonds is 3. The lowest BCUT2D eigenvalue weighted by Crippen LogP contribution is -2.07. The van der Waals surface area contributed by atoms with Crippen molar-refractivity contribution in [2.24, 2.45) is 5.92 Å². The third-order valence-electron chi connectivity index (χ3n) is 2.57. The Morgan fingerprint density at radius 3 is 2.92 bits per heavy atom. The molecule has 1 unspecified atom stereocenters. The smallest absolute Gasteiger partial charge is 0.338 e. The first-order chi connectivity index (χ1) is 6.18. The summed E-state index contributed by atoms with van der Waals surface area (Å²) in [6.07, 6.45) is 5.49. The Hall–Kier alpha value is -1.32. The SMILES string of the molecule is CC(C1CC1)n1cc(C(=O)O)cn1. The second kappa shape index (κ2) is 2.87. The normalized spacial score (nSPS) is 18.5. The summed E-state index contributed by atoms with van der Waals surface area (Å²) in [7, 11) is 0. The zero-order chi connectivity index (χ0) is 9.42.